The van der Waals surface area contributed by atoms with Gasteiger partial charge < -0.3 is 15.4 Å². The molecule has 28 heavy (non-hydrogen) atoms. The van der Waals surface area contributed by atoms with Crippen molar-refractivity contribution >= 4 is 40.7 Å². The Morgan fingerprint density at radius 1 is 1.11 bits per heavy atom. The molecule has 0 bridgehead atoms. The highest BCUT2D eigenvalue weighted by Crippen LogP contribution is 2.23. The van der Waals surface area contributed by atoms with Crippen LogP contribution in [0.25, 0.3) is 0 Å². The van der Waals surface area contributed by atoms with E-state index in [2.05, 4.69) is 10.6 Å². The molecule has 0 aliphatic carbocycles. The molecular weight excluding hydrogens is 399 g/mol. The van der Waals surface area contributed by atoms with E-state index in [9.17, 15) is 9.59 Å². The van der Waals surface area contributed by atoms with Crippen LogP contribution in [0.5, 0.6) is 0 Å². The molecule has 1 aliphatic heterocycles. The molecule has 0 saturated carbocycles. The highest BCUT2D eigenvalue weighted by atomic mass is 35.5. The lowest BCUT2D eigenvalue weighted by Crippen LogP contribution is -2.32. The molecule has 0 radical (unpaired) electrons. The molecule has 3 rings (SSSR count). The molecule has 1 heterocycles. The summed E-state index contributed by atoms with van der Waals surface area (Å²) in [5, 5.41) is 6.66. The van der Waals surface area contributed by atoms with Crippen molar-refractivity contribution in [2.75, 3.05) is 18.5 Å². The van der Waals surface area contributed by atoms with E-state index in [1.165, 1.54) is 0 Å². The van der Waals surface area contributed by atoms with E-state index >= 15 is 0 Å². The molecule has 2 aromatic rings. The molecule has 2 amide bonds. The molecule has 1 atom stereocenters. The van der Waals surface area contributed by atoms with Crippen molar-refractivity contribution in [2.24, 2.45) is 0 Å². The number of rotatable bonds is 7. The molecule has 1 fully saturated rings. The molecule has 148 valence electrons. The van der Waals surface area contributed by atoms with Crippen molar-refractivity contribution < 1.29 is 14.3 Å². The number of aryl methyl sites for hydroxylation is 1. The van der Waals surface area contributed by atoms with Crippen molar-refractivity contribution in [3.63, 3.8) is 0 Å². The molecular formula is C21H22Cl2N2O3. The summed E-state index contributed by atoms with van der Waals surface area (Å²) in [6, 6.07) is 12.3. The van der Waals surface area contributed by atoms with E-state index in [1.54, 1.807) is 36.4 Å². The topological polar surface area (TPSA) is 67.4 Å². The van der Waals surface area contributed by atoms with Gasteiger partial charge in [0.2, 0.25) is 5.91 Å². The van der Waals surface area contributed by atoms with Gasteiger partial charge in [0, 0.05) is 19.6 Å². The van der Waals surface area contributed by atoms with Gasteiger partial charge in [-0.1, -0.05) is 41.4 Å². The van der Waals surface area contributed by atoms with Crippen LogP contribution in [0.3, 0.4) is 0 Å². The Kier molecular flexibility index (Phi) is 7.31. The van der Waals surface area contributed by atoms with Crippen molar-refractivity contribution in [3.8, 4) is 0 Å². The van der Waals surface area contributed by atoms with E-state index in [0.717, 1.165) is 25.0 Å². The molecule has 2 aromatic carbocycles. The minimum Gasteiger partial charge on any atom is -0.376 e. The fraction of sp³-hybridized carbons (Fsp3) is 0.333. The minimum absolute atomic E-state index is 0.0666. The van der Waals surface area contributed by atoms with Gasteiger partial charge >= 0.3 is 0 Å². The summed E-state index contributed by atoms with van der Waals surface area (Å²) in [6.07, 6.45) is 2.83. The maximum Gasteiger partial charge on any atom is 0.253 e. The van der Waals surface area contributed by atoms with E-state index < -0.39 is 0 Å². The van der Waals surface area contributed by atoms with Crippen LogP contribution in [0.2, 0.25) is 10.0 Å². The van der Waals surface area contributed by atoms with Gasteiger partial charge in [0.25, 0.3) is 5.91 Å². The average molecular weight is 421 g/mol. The summed E-state index contributed by atoms with van der Waals surface area (Å²) >= 11 is 11.9. The second-order valence-electron chi connectivity index (χ2n) is 6.69. The summed E-state index contributed by atoms with van der Waals surface area (Å²) in [4.78, 5) is 24.9. The van der Waals surface area contributed by atoms with Gasteiger partial charge in [-0.25, -0.2) is 0 Å². The van der Waals surface area contributed by atoms with Gasteiger partial charge in [-0.15, -0.1) is 0 Å². The lowest BCUT2D eigenvalue weighted by Gasteiger charge is -2.14. The van der Waals surface area contributed by atoms with Crippen LogP contribution in [-0.4, -0.2) is 31.1 Å². The molecule has 7 heteroatoms. The monoisotopic (exact) mass is 420 g/mol. The number of carbonyl (C=O) groups is 2. The number of carbonyl (C=O) groups excluding carboxylic acids is 2. The van der Waals surface area contributed by atoms with Gasteiger partial charge in [-0.05, 0) is 49.1 Å². The molecule has 1 saturated heterocycles. The first-order chi connectivity index (χ1) is 13.5. The quantitative estimate of drug-likeness (QED) is 0.693. The fourth-order valence-electron chi connectivity index (χ4n) is 3.06. The number of para-hydroxylation sites is 1. The van der Waals surface area contributed by atoms with Gasteiger partial charge in [0.15, 0.2) is 0 Å². The Balaban J connectivity index is 1.56. The third-order valence-corrected chi connectivity index (χ3v) is 5.32. The number of hydrogen-bond acceptors (Lipinski definition) is 3. The standard InChI is InChI=1S/C21H22Cl2N2O3/c22-17-9-7-14(12-18(17)23)8-10-20(26)25-19-6-2-1-5-16(19)21(27)24-13-15-4-3-11-28-15/h1-2,5-7,9,12,15H,3-4,8,10-11,13H2,(H,24,27)(H,25,26). The summed E-state index contributed by atoms with van der Waals surface area (Å²) < 4.78 is 5.52. The number of nitrogens with one attached hydrogen (secondary N) is 2. The Hall–Kier alpha value is -2.08. The van der Waals surface area contributed by atoms with Crippen LogP contribution in [0.15, 0.2) is 42.5 Å². The van der Waals surface area contributed by atoms with E-state index in [-0.39, 0.29) is 24.3 Å². The van der Waals surface area contributed by atoms with Crippen LogP contribution in [0.1, 0.15) is 35.2 Å². The zero-order valence-electron chi connectivity index (χ0n) is 15.3. The second kappa shape index (κ2) is 9.92. The van der Waals surface area contributed by atoms with Crippen LogP contribution in [0, 0.1) is 0 Å². The van der Waals surface area contributed by atoms with Crippen molar-refractivity contribution in [2.45, 2.75) is 31.8 Å². The van der Waals surface area contributed by atoms with Crippen LogP contribution >= 0.6 is 23.2 Å². The second-order valence-corrected chi connectivity index (χ2v) is 7.50. The number of amides is 2. The first-order valence-electron chi connectivity index (χ1n) is 9.25. The van der Waals surface area contributed by atoms with Gasteiger partial charge in [-0.2, -0.15) is 0 Å². The normalized spacial score (nSPS) is 16.0. The number of ether oxygens (including phenoxy) is 1. The van der Waals surface area contributed by atoms with Crippen LogP contribution < -0.4 is 10.6 Å². The van der Waals surface area contributed by atoms with Crippen molar-refractivity contribution in [1.29, 1.82) is 0 Å². The van der Waals surface area contributed by atoms with Gasteiger partial charge in [0.1, 0.15) is 0 Å². The predicted molar refractivity (Wildman–Crippen MR) is 111 cm³/mol. The van der Waals surface area contributed by atoms with Crippen molar-refractivity contribution in [3.05, 3.63) is 63.6 Å². The van der Waals surface area contributed by atoms with Gasteiger partial charge in [-0.3, -0.25) is 9.59 Å². The van der Waals surface area contributed by atoms with E-state index in [1.807, 2.05) is 6.07 Å². The van der Waals surface area contributed by atoms with E-state index in [0.29, 0.717) is 34.3 Å². The summed E-state index contributed by atoms with van der Waals surface area (Å²) in [7, 11) is 0. The minimum atomic E-state index is -0.226. The molecule has 1 aliphatic rings. The largest absolute Gasteiger partial charge is 0.376 e. The highest BCUT2D eigenvalue weighted by molar-refractivity contribution is 6.42. The zero-order valence-corrected chi connectivity index (χ0v) is 16.9. The Morgan fingerprint density at radius 2 is 1.93 bits per heavy atom. The number of anilines is 1. The summed E-state index contributed by atoms with van der Waals surface area (Å²) in [5.74, 6) is -0.402. The number of halogens is 2. The van der Waals surface area contributed by atoms with Gasteiger partial charge in [0.05, 0.1) is 27.4 Å². The molecule has 0 aromatic heterocycles. The SMILES string of the molecule is O=C(CCc1ccc(Cl)c(Cl)c1)Nc1ccccc1C(=O)NCC1CCCO1. The predicted octanol–water partition coefficient (Wildman–Crippen LogP) is 4.47. The zero-order chi connectivity index (χ0) is 19.9. The Labute approximate surface area is 174 Å². The van der Waals surface area contributed by atoms with Crippen molar-refractivity contribution in [1.82, 2.24) is 5.32 Å². The highest BCUT2D eigenvalue weighted by Gasteiger charge is 2.18. The van der Waals surface area contributed by atoms with Crippen LogP contribution in [0.4, 0.5) is 5.69 Å². The number of benzene rings is 2. The maximum atomic E-state index is 12.5. The molecule has 1 unspecified atom stereocenters. The lowest BCUT2D eigenvalue weighted by atomic mass is 10.1. The third kappa shape index (κ3) is 5.71. The Morgan fingerprint density at radius 3 is 2.68 bits per heavy atom. The maximum absolute atomic E-state index is 12.5. The average Bonchev–Trinajstić information content (AvgIpc) is 3.21. The Bertz CT molecular complexity index is 851. The smallest absolute Gasteiger partial charge is 0.253 e. The summed E-state index contributed by atoms with van der Waals surface area (Å²) in [6.45, 7) is 1.21. The number of hydrogen-bond donors (Lipinski definition) is 2. The summed E-state index contributed by atoms with van der Waals surface area (Å²) in [5.41, 5.74) is 1.85. The lowest BCUT2D eigenvalue weighted by molar-refractivity contribution is -0.116. The van der Waals surface area contributed by atoms with Crippen LogP contribution in [-0.2, 0) is 16.0 Å². The first-order valence-corrected chi connectivity index (χ1v) is 10.0. The fourth-order valence-corrected chi connectivity index (χ4v) is 3.38. The first kappa shape index (κ1) is 20.6. The molecule has 5 nitrogen and oxygen atoms in total. The third-order valence-electron chi connectivity index (χ3n) is 4.58. The molecule has 2 N–H and O–H groups in total. The van der Waals surface area contributed by atoms with E-state index in [4.69, 9.17) is 27.9 Å². The molecule has 0 spiro atoms.